The molecule has 1 aromatic rings. The van der Waals surface area contributed by atoms with E-state index in [9.17, 15) is 0 Å². The standard InChI is InChI=1S/C11H17N3O/c1-9-5-14-10(7-13-9)6-12-8-11-3-2-4-15-11/h5,7,11-12H,2-4,6,8H2,1H3. The number of rotatable bonds is 4. The van der Waals surface area contributed by atoms with Crippen LogP contribution in [0, 0.1) is 6.92 Å². The van der Waals surface area contributed by atoms with E-state index < -0.39 is 0 Å². The molecule has 1 atom stereocenters. The van der Waals surface area contributed by atoms with Crippen LogP contribution in [0.4, 0.5) is 0 Å². The number of ether oxygens (including phenoxy) is 1. The van der Waals surface area contributed by atoms with Gasteiger partial charge in [-0.15, -0.1) is 0 Å². The van der Waals surface area contributed by atoms with Crippen molar-refractivity contribution in [3.8, 4) is 0 Å². The van der Waals surface area contributed by atoms with Gasteiger partial charge in [-0.2, -0.15) is 0 Å². The van der Waals surface area contributed by atoms with Gasteiger partial charge in [0.05, 0.1) is 17.5 Å². The molecule has 4 nitrogen and oxygen atoms in total. The molecule has 1 fully saturated rings. The van der Waals surface area contributed by atoms with Crippen LogP contribution in [0.2, 0.25) is 0 Å². The highest BCUT2D eigenvalue weighted by Crippen LogP contribution is 2.10. The zero-order valence-electron chi connectivity index (χ0n) is 9.07. The highest BCUT2D eigenvalue weighted by atomic mass is 16.5. The van der Waals surface area contributed by atoms with Crippen LogP contribution in [0.3, 0.4) is 0 Å². The predicted molar refractivity (Wildman–Crippen MR) is 57.4 cm³/mol. The topological polar surface area (TPSA) is 47.0 Å². The minimum absolute atomic E-state index is 0.392. The predicted octanol–water partition coefficient (Wildman–Crippen LogP) is 1.05. The third-order valence-corrected chi connectivity index (χ3v) is 2.54. The fraction of sp³-hybridized carbons (Fsp3) is 0.636. The second kappa shape index (κ2) is 5.19. The van der Waals surface area contributed by atoms with Crippen molar-refractivity contribution >= 4 is 0 Å². The molecule has 1 aliphatic rings. The Morgan fingerprint density at radius 2 is 2.40 bits per heavy atom. The first-order chi connectivity index (χ1) is 7.34. The van der Waals surface area contributed by atoms with Gasteiger partial charge in [0, 0.05) is 32.1 Å². The summed E-state index contributed by atoms with van der Waals surface area (Å²) in [5, 5.41) is 3.34. The normalized spacial score (nSPS) is 20.7. The Labute approximate surface area is 90.1 Å². The number of hydrogen-bond acceptors (Lipinski definition) is 4. The lowest BCUT2D eigenvalue weighted by molar-refractivity contribution is 0.110. The van der Waals surface area contributed by atoms with Gasteiger partial charge in [-0.3, -0.25) is 9.97 Å². The molecule has 2 rings (SSSR count). The minimum atomic E-state index is 0.392. The number of nitrogens with zero attached hydrogens (tertiary/aromatic N) is 2. The van der Waals surface area contributed by atoms with Crippen LogP contribution in [0.5, 0.6) is 0 Å². The highest BCUT2D eigenvalue weighted by Gasteiger charge is 2.14. The number of nitrogens with one attached hydrogen (secondary N) is 1. The number of hydrogen-bond donors (Lipinski definition) is 1. The maximum absolute atomic E-state index is 5.51. The van der Waals surface area contributed by atoms with Gasteiger partial charge in [0.25, 0.3) is 0 Å². The molecule has 0 spiro atoms. The maximum atomic E-state index is 5.51. The Hall–Kier alpha value is -1.00. The summed E-state index contributed by atoms with van der Waals surface area (Å²) in [6.45, 7) is 4.54. The maximum Gasteiger partial charge on any atom is 0.0724 e. The molecule has 0 aromatic carbocycles. The van der Waals surface area contributed by atoms with E-state index in [1.165, 1.54) is 12.8 Å². The van der Waals surface area contributed by atoms with Crippen molar-refractivity contribution in [3.05, 3.63) is 23.8 Å². The van der Waals surface area contributed by atoms with Gasteiger partial charge in [-0.1, -0.05) is 0 Å². The molecule has 2 heterocycles. The van der Waals surface area contributed by atoms with Crippen molar-refractivity contribution in [2.24, 2.45) is 0 Å². The second-order valence-corrected chi connectivity index (χ2v) is 3.92. The van der Waals surface area contributed by atoms with Crippen LogP contribution in [-0.2, 0) is 11.3 Å². The molecule has 1 N–H and O–H groups in total. The summed E-state index contributed by atoms with van der Waals surface area (Å²) < 4.78 is 5.51. The molecule has 4 heteroatoms. The Morgan fingerprint density at radius 3 is 3.07 bits per heavy atom. The molecule has 82 valence electrons. The van der Waals surface area contributed by atoms with E-state index in [4.69, 9.17) is 4.74 Å². The quantitative estimate of drug-likeness (QED) is 0.801. The van der Waals surface area contributed by atoms with E-state index in [2.05, 4.69) is 15.3 Å². The summed E-state index contributed by atoms with van der Waals surface area (Å²) in [6, 6.07) is 0. The highest BCUT2D eigenvalue weighted by molar-refractivity contribution is 5.00. The summed E-state index contributed by atoms with van der Waals surface area (Å²) in [7, 11) is 0. The van der Waals surface area contributed by atoms with Crippen LogP contribution in [0.1, 0.15) is 24.2 Å². The Balaban J connectivity index is 1.71. The third-order valence-electron chi connectivity index (χ3n) is 2.54. The van der Waals surface area contributed by atoms with Crippen molar-refractivity contribution < 1.29 is 4.74 Å². The van der Waals surface area contributed by atoms with Gasteiger partial charge < -0.3 is 10.1 Å². The van der Waals surface area contributed by atoms with Crippen molar-refractivity contribution in [1.29, 1.82) is 0 Å². The van der Waals surface area contributed by atoms with E-state index in [0.29, 0.717) is 6.10 Å². The lowest BCUT2D eigenvalue weighted by Gasteiger charge is -2.09. The summed E-state index contributed by atoms with van der Waals surface area (Å²) in [4.78, 5) is 8.47. The Bertz CT molecular complexity index is 293. The summed E-state index contributed by atoms with van der Waals surface area (Å²) >= 11 is 0. The fourth-order valence-corrected chi connectivity index (χ4v) is 1.68. The molecule has 1 unspecified atom stereocenters. The molecule has 0 aliphatic carbocycles. The van der Waals surface area contributed by atoms with Gasteiger partial charge in [0.2, 0.25) is 0 Å². The molecule has 0 saturated carbocycles. The van der Waals surface area contributed by atoms with Crippen molar-refractivity contribution in [3.63, 3.8) is 0 Å². The first-order valence-electron chi connectivity index (χ1n) is 5.44. The van der Waals surface area contributed by atoms with Crippen molar-refractivity contribution in [2.75, 3.05) is 13.2 Å². The molecular weight excluding hydrogens is 190 g/mol. The third kappa shape index (κ3) is 3.25. The van der Waals surface area contributed by atoms with Gasteiger partial charge in [-0.25, -0.2) is 0 Å². The molecular formula is C11H17N3O. The van der Waals surface area contributed by atoms with Crippen LogP contribution in [0.25, 0.3) is 0 Å². The van der Waals surface area contributed by atoms with Crippen LogP contribution >= 0.6 is 0 Å². The first kappa shape index (κ1) is 10.5. The zero-order chi connectivity index (χ0) is 10.5. The SMILES string of the molecule is Cc1cnc(CNCC2CCCO2)cn1. The van der Waals surface area contributed by atoms with E-state index in [0.717, 1.165) is 31.1 Å². The molecule has 15 heavy (non-hydrogen) atoms. The molecule has 0 radical (unpaired) electrons. The van der Waals surface area contributed by atoms with Gasteiger partial charge >= 0.3 is 0 Å². The van der Waals surface area contributed by atoms with E-state index >= 15 is 0 Å². The van der Waals surface area contributed by atoms with Crippen molar-refractivity contribution in [1.82, 2.24) is 15.3 Å². The first-order valence-corrected chi connectivity index (χ1v) is 5.44. The fourth-order valence-electron chi connectivity index (χ4n) is 1.68. The van der Waals surface area contributed by atoms with Crippen LogP contribution < -0.4 is 5.32 Å². The van der Waals surface area contributed by atoms with E-state index in [1.807, 2.05) is 13.1 Å². The second-order valence-electron chi connectivity index (χ2n) is 3.92. The average Bonchev–Trinajstić information content (AvgIpc) is 2.74. The van der Waals surface area contributed by atoms with Crippen LogP contribution in [-0.4, -0.2) is 29.2 Å². The van der Waals surface area contributed by atoms with Gasteiger partial charge in [-0.05, 0) is 19.8 Å². The molecule has 1 saturated heterocycles. The summed E-state index contributed by atoms with van der Waals surface area (Å²) in [5.41, 5.74) is 1.94. The lowest BCUT2D eigenvalue weighted by atomic mass is 10.2. The number of aromatic nitrogens is 2. The molecule has 0 amide bonds. The molecule has 0 bridgehead atoms. The molecule has 1 aliphatic heterocycles. The summed E-state index contributed by atoms with van der Waals surface area (Å²) in [6.07, 6.45) is 6.37. The largest absolute Gasteiger partial charge is 0.377 e. The zero-order valence-corrected chi connectivity index (χ0v) is 9.07. The Kier molecular flexibility index (Phi) is 3.64. The average molecular weight is 207 g/mol. The smallest absolute Gasteiger partial charge is 0.0724 e. The van der Waals surface area contributed by atoms with E-state index in [1.54, 1.807) is 6.20 Å². The van der Waals surface area contributed by atoms with Crippen LogP contribution in [0.15, 0.2) is 12.4 Å². The van der Waals surface area contributed by atoms with E-state index in [-0.39, 0.29) is 0 Å². The monoisotopic (exact) mass is 207 g/mol. The Morgan fingerprint density at radius 1 is 1.47 bits per heavy atom. The lowest BCUT2D eigenvalue weighted by Crippen LogP contribution is -2.26. The van der Waals surface area contributed by atoms with Crippen molar-refractivity contribution in [2.45, 2.75) is 32.4 Å². The summed E-state index contributed by atoms with van der Waals surface area (Å²) in [5.74, 6) is 0. The number of aryl methyl sites for hydroxylation is 1. The van der Waals surface area contributed by atoms with Gasteiger partial charge in [0.1, 0.15) is 0 Å². The molecule has 1 aromatic heterocycles. The van der Waals surface area contributed by atoms with Gasteiger partial charge in [0.15, 0.2) is 0 Å². The minimum Gasteiger partial charge on any atom is -0.377 e.